The molecule has 0 unspecified atom stereocenters. The zero-order valence-corrected chi connectivity index (χ0v) is 18.0. The molecule has 0 spiro atoms. The molecule has 0 aliphatic carbocycles. The number of phenols is 1. The van der Waals surface area contributed by atoms with Crippen LogP contribution in [0.15, 0.2) is 30.3 Å². The third-order valence-electron chi connectivity index (χ3n) is 5.14. The molecule has 0 radical (unpaired) electrons. The molecule has 0 bridgehead atoms. The lowest BCUT2D eigenvalue weighted by Gasteiger charge is -2.36. The first-order valence-corrected chi connectivity index (χ1v) is 10.7. The molecule has 1 saturated heterocycles. The molecule has 1 aromatic heterocycles. The standard InChI is InChI=1S/C22H31N5O4/c1-2-12-30-14-15-31-13-7-21(29)27-10-8-26(9-11-27)19-16-18(24-25-22(19)23)17-5-3-4-6-20(17)28/h3-6,16,28H,2,7-15H2,1H3,(H2,23,25). The van der Waals surface area contributed by atoms with E-state index < -0.39 is 0 Å². The molecule has 0 saturated carbocycles. The number of aromatic hydroxyl groups is 1. The fourth-order valence-electron chi connectivity index (χ4n) is 3.45. The van der Waals surface area contributed by atoms with Gasteiger partial charge in [0.25, 0.3) is 0 Å². The van der Waals surface area contributed by atoms with Crippen LogP contribution < -0.4 is 10.6 Å². The SMILES string of the molecule is CCCOCCOCCC(=O)N1CCN(c2cc(-c3ccccc3O)nnc2N)CC1. The molecule has 31 heavy (non-hydrogen) atoms. The Kier molecular flexibility index (Phi) is 8.43. The number of amides is 1. The maximum Gasteiger partial charge on any atom is 0.225 e. The number of carbonyl (C=O) groups is 1. The molecule has 2 aromatic rings. The average molecular weight is 430 g/mol. The van der Waals surface area contributed by atoms with Gasteiger partial charge in [-0.25, -0.2) is 0 Å². The smallest absolute Gasteiger partial charge is 0.225 e. The average Bonchev–Trinajstić information content (AvgIpc) is 2.79. The summed E-state index contributed by atoms with van der Waals surface area (Å²) in [6.07, 6.45) is 1.35. The van der Waals surface area contributed by atoms with Gasteiger partial charge in [0.2, 0.25) is 5.91 Å². The second-order valence-corrected chi connectivity index (χ2v) is 7.36. The minimum Gasteiger partial charge on any atom is -0.507 e. The fourth-order valence-corrected chi connectivity index (χ4v) is 3.45. The van der Waals surface area contributed by atoms with E-state index in [0.29, 0.717) is 69.5 Å². The van der Waals surface area contributed by atoms with Crippen molar-refractivity contribution in [3.05, 3.63) is 30.3 Å². The number of hydrogen-bond acceptors (Lipinski definition) is 8. The number of ether oxygens (including phenoxy) is 2. The van der Waals surface area contributed by atoms with Crippen molar-refractivity contribution < 1.29 is 19.4 Å². The van der Waals surface area contributed by atoms with Crippen molar-refractivity contribution in [2.75, 3.05) is 63.2 Å². The highest BCUT2D eigenvalue weighted by atomic mass is 16.5. The highest BCUT2D eigenvalue weighted by Gasteiger charge is 2.23. The van der Waals surface area contributed by atoms with Crippen LogP contribution in [0.3, 0.4) is 0 Å². The number of nitrogens with zero attached hydrogens (tertiary/aromatic N) is 4. The van der Waals surface area contributed by atoms with Crippen LogP contribution in [0.25, 0.3) is 11.3 Å². The third-order valence-corrected chi connectivity index (χ3v) is 5.14. The molecule has 1 aliphatic rings. The van der Waals surface area contributed by atoms with Gasteiger partial charge in [-0.3, -0.25) is 4.79 Å². The van der Waals surface area contributed by atoms with Crippen molar-refractivity contribution in [2.24, 2.45) is 0 Å². The number of aromatic nitrogens is 2. The van der Waals surface area contributed by atoms with E-state index in [1.807, 2.05) is 17.0 Å². The maximum absolute atomic E-state index is 12.4. The monoisotopic (exact) mass is 429 g/mol. The van der Waals surface area contributed by atoms with Crippen molar-refractivity contribution in [2.45, 2.75) is 19.8 Å². The van der Waals surface area contributed by atoms with Gasteiger partial charge in [0.1, 0.15) is 5.75 Å². The van der Waals surface area contributed by atoms with Crippen LogP contribution in [0.5, 0.6) is 5.75 Å². The quantitative estimate of drug-likeness (QED) is 0.551. The van der Waals surface area contributed by atoms with Gasteiger partial charge in [-0.1, -0.05) is 19.1 Å². The summed E-state index contributed by atoms with van der Waals surface area (Å²) in [6, 6.07) is 8.82. The number of para-hydroxylation sites is 1. The molecule has 1 aromatic carbocycles. The Bertz CT molecular complexity index is 856. The lowest BCUT2D eigenvalue weighted by Crippen LogP contribution is -2.49. The van der Waals surface area contributed by atoms with Gasteiger partial charge in [0.15, 0.2) is 5.82 Å². The zero-order valence-electron chi connectivity index (χ0n) is 18.0. The van der Waals surface area contributed by atoms with Gasteiger partial charge in [0, 0.05) is 38.3 Å². The Morgan fingerprint density at radius 3 is 2.48 bits per heavy atom. The summed E-state index contributed by atoms with van der Waals surface area (Å²) < 4.78 is 10.8. The summed E-state index contributed by atoms with van der Waals surface area (Å²) in [4.78, 5) is 16.4. The molecule has 1 fully saturated rings. The molecular weight excluding hydrogens is 398 g/mol. The number of piperazine rings is 1. The van der Waals surface area contributed by atoms with Gasteiger partial charge >= 0.3 is 0 Å². The number of carbonyl (C=O) groups excluding carboxylic acids is 1. The fraction of sp³-hybridized carbons (Fsp3) is 0.500. The third kappa shape index (κ3) is 6.28. The van der Waals surface area contributed by atoms with Crippen LogP contribution in [0.4, 0.5) is 11.5 Å². The van der Waals surface area contributed by atoms with Crippen LogP contribution in [-0.4, -0.2) is 78.7 Å². The summed E-state index contributed by atoms with van der Waals surface area (Å²) in [6.45, 7) is 6.77. The van der Waals surface area contributed by atoms with E-state index >= 15 is 0 Å². The normalized spacial score (nSPS) is 14.1. The first-order chi connectivity index (χ1) is 15.1. The summed E-state index contributed by atoms with van der Waals surface area (Å²) in [5, 5.41) is 18.3. The predicted octanol–water partition coefficient (Wildman–Crippen LogP) is 1.91. The highest BCUT2D eigenvalue weighted by Crippen LogP contribution is 2.31. The molecule has 3 rings (SSSR count). The van der Waals surface area contributed by atoms with E-state index in [9.17, 15) is 9.90 Å². The Balaban J connectivity index is 1.50. The topological polar surface area (TPSA) is 114 Å². The largest absolute Gasteiger partial charge is 0.507 e. The minimum atomic E-state index is 0.0878. The number of benzene rings is 1. The number of hydrogen-bond donors (Lipinski definition) is 2. The summed E-state index contributed by atoms with van der Waals surface area (Å²) in [5.41, 5.74) is 7.99. The lowest BCUT2D eigenvalue weighted by atomic mass is 10.1. The Labute approximate surface area is 182 Å². The van der Waals surface area contributed by atoms with Crippen LogP contribution in [0.1, 0.15) is 19.8 Å². The molecule has 9 nitrogen and oxygen atoms in total. The molecule has 3 N–H and O–H groups in total. The van der Waals surface area contributed by atoms with E-state index in [1.165, 1.54) is 0 Å². The second kappa shape index (κ2) is 11.5. The molecule has 168 valence electrons. The van der Waals surface area contributed by atoms with Gasteiger partial charge in [-0.15, -0.1) is 10.2 Å². The van der Waals surface area contributed by atoms with Gasteiger partial charge in [0.05, 0.1) is 37.6 Å². The van der Waals surface area contributed by atoms with Crippen LogP contribution in [-0.2, 0) is 14.3 Å². The Hall–Kier alpha value is -2.91. The molecule has 0 atom stereocenters. The highest BCUT2D eigenvalue weighted by molar-refractivity contribution is 5.77. The first-order valence-electron chi connectivity index (χ1n) is 10.7. The van der Waals surface area contributed by atoms with E-state index in [0.717, 1.165) is 18.7 Å². The van der Waals surface area contributed by atoms with Crippen LogP contribution in [0.2, 0.25) is 0 Å². The molecule has 1 aliphatic heterocycles. The van der Waals surface area contributed by atoms with Crippen molar-refractivity contribution >= 4 is 17.4 Å². The summed E-state index contributed by atoms with van der Waals surface area (Å²) >= 11 is 0. The number of anilines is 2. The molecule has 2 heterocycles. The number of phenolic OH excluding ortho intramolecular Hbond substituents is 1. The van der Waals surface area contributed by atoms with E-state index in [1.54, 1.807) is 18.2 Å². The Morgan fingerprint density at radius 1 is 1.06 bits per heavy atom. The Morgan fingerprint density at radius 2 is 1.77 bits per heavy atom. The first kappa shape index (κ1) is 22.8. The number of nitrogens with two attached hydrogens (primary N) is 1. The predicted molar refractivity (Wildman–Crippen MR) is 119 cm³/mol. The zero-order chi connectivity index (χ0) is 22.1. The van der Waals surface area contributed by atoms with Crippen LogP contribution in [0, 0.1) is 0 Å². The van der Waals surface area contributed by atoms with Crippen molar-refractivity contribution in [3.8, 4) is 17.0 Å². The van der Waals surface area contributed by atoms with Crippen molar-refractivity contribution in [1.82, 2.24) is 15.1 Å². The maximum atomic E-state index is 12.4. The van der Waals surface area contributed by atoms with E-state index in [2.05, 4.69) is 22.0 Å². The van der Waals surface area contributed by atoms with E-state index in [4.69, 9.17) is 15.2 Å². The molecule has 9 heteroatoms. The number of rotatable bonds is 10. The van der Waals surface area contributed by atoms with Gasteiger partial charge < -0.3 is 30.1 Å². The molecule has 1 amide bonds. The van der Waals surface area contributed by atoms with Gasteiger partial charge in [-0.05, 0) is 24.6 Å². The second-order valence-electron chi connectivity index (χ2n) is 7.36. The van der Waals surface area contributed by atoms with E-state index in [-0.39, 0.29) is 11.7 Å². The lowest BCUT2D eigenvalue weighted by molar-refractivity contribution is -0.132. The van der Waals surface area contributed by atoms with Gasteiger partial charge in [-0.2, -0.15) is 0 Å². The summed E-state index contributed by atoms with van der Waals surface area (Å²) in [5.74, 6) is 0.560. The summed E-state index contributed by atoms with van der Waals surface area (Å²) in [7, 11) is 0. The van der Waals surface area contributed by atoms with Crippen LogP contribution >= 0.6 is 0 Å². The number of nitrogen functional groups attached to an aromatic ring is 1. The minimum absolute atomic E-state index is 0.0878. The van der Waals surface area contributed by atoms with Crippen molar-refractivity contribution in [1.29, 1.82) is 0 Å². The molecular formula is C22H31N5O4. The van der Waals surface area contributed by atoms with Crippen molar-refractivity contribution in [3.63, 3.8) is 0 Å².